The fourth-order valence-corrected chi connectivity index (χ4v) is 3.02. The van der Waals surface area contributed by atoms with E-state index < -0.39 is 10.2 Å². The lowest BCUT2D eigenvalue weighted by molar-refractivity contribution is -0.384. The molecule has 1 heterocycles. The molecule has 0 bridgehead atoms. The standard InChI is InChI=1S/C18H14ClN3O3/c1-11-6-5-7-13(10-11)21-17(16(18(19)23)12(2)20-21)14-8-3-4-9-15(14)22(24)25/h3-10H,1-2H3. The Hall–Kier alpha value is -2.99. The molecule has 0 N–H and O–H groups in total. The number of carbonyl (C=O) groups excluding carboxylic acids is 1. The van der Waals surface area contributed by atoms with Crippen LogP contribution in [0, 0.1) is 24.0 Å². The van der Waals surface area contributed by atoms with E-state index >= 15 is 0 Å². The second-order valence-corrected chi connectivity index (χ2v) is 5.95. The van der Waals surface area contributed by atoms with Crippen LogP contribution in [0.15, 0.2) is 48.5 Å². The molecule has 6 nitrogen and oxygen atoms in total. The van der Waals surface area contributed by atoms with Gasteiger partial charge in [-0.05, 0) is 49.2 Å². The monoisotopic (exact) mass is 355 g/mol. The molecule has 126 valence electrons. The number of carbonyl (C=O) groups is 1. The largest absolute Gasteiger partial charge is 0.278 e. The average molecular weight is 356 g/mol. The lowest BCUT2D eigenvalue weighted by Gasteiger charge is -2.10. The maximum atomic E-state index is 12.0. The van der Waals surface area contributed by atoms with Crippen molar-refractivity contribution in [1.29, 1.82) is 0 Å². The molecule has 1 aromatic heterocycles. The molecule has 3 aromatic rings. The normalized spacial score (nSPS) is 10.7. The first-order valence-electron chi connectivity index (χ1n) is 7.50. The van der Waals surface area contributed by atoms with E-state index in [-0.39, 0.29) is 11.3 Å². The van der Waals surface area contributed by atoms with Crippen molar-refractivity contribution in [1.82, 2.24) is 9.78 Å². The van der Waals surface area contributed by atoms with Gasteiger partial charge in [-0.3, -0.25) is 14.9 Å². The molecule has 3 rings (SSSR count). The quantitative estimate of drug-likeness (QED) is 0.393. The van der Waals surface area contributed by atoms with Crippen molar-refractivity contribution in [2.45, 2.75) is 13.8 Å². The van der Waals surface area contributed by atoms with Crippen molar-refractivity contribution in [3.8, 4) is 16.9 Å². The molecule has 2 aromatic carbocycles. The fraction of sp³-hybridized carbons (Fsp3) is 0.111. The van der Waals surface area contributed by atoms with Crippen molar-refractivity contribution in [2.75, 3.05) is 0 Å². The Morgan fingerprint density at radius 3 is 2.52 bits per heavy atom. The number of nitro groups is 1. The van der Waals surface area contributed by atoms with E-state index in [4.69, 9.17) is 11.6 Å². The molecule has 0 saturated heterocycles. The van der Waals surface area contributed by atoms with E-state index in [0.29, 0.717) is 22.6 Å². The third kappa shape index (κ3) is 3.04. The van der Waals surface area contributed by atoms with Crippen molar-refractivity contribution in [3.63, 3.8) is 0 Å². The Bertz CT molecular complexity index is 995. The van der Waals surface area contributed by atoms with Crippen LogP contribution in [0.2, 0.25) is 0 Å². The summed E-state index contributed by atoms with van der Waals surface area (Å²) in [4.78, 5) is 23.0. The highest BCUT2D eigenvalue weighted by molar-refractivity contribution is 6.68. The maximum absolute atomic E-state index is 12.0. The molecular weight excluding hydrogens is 342 g/mol. The highest BCUT2D eigenvalue weighted by Gasteiger charge is 2.27. The minimum absolute atomic E-state index is 0.115. The van der Waals surface area contributed by atoms with Crippen molar-refractivity contribution < 1.29 is 9.72 Å². The van der Waals surface area contributed by atoms with Crippen LogP contribution in [-0.2, 0) is 0 Å². The van der Waals surface area contributed by atoms with Crippen LogP contribution in [0.3, 0.4) is 0 Å². The predicted octanol–water partition coefficient (Wildman–Crippen LogP) is 4.44. The van der Waals surface area contributed by atoms with Gasteiger partial charge in [0.25, 0.3) is 10.9 Å². The number of nitro benzene ring substituents is 1. The molecule has 25 heavy (non-hydrogen) atoms. The first-order chi connectivity index (χ1) is 11.9. The van der Waals surface area contributed by atoms with Gasteiger partial charge in [0.05, 0.1) is 33.1 Å². The van der Waals surface area contributed by atoms with Crippen LogP contribution in [-0.4, -0.2) is 19.9 Å². The van der Waals surface area contributed by atoms with Gasteiger partial charge in [0.2, 0.25) is 0 Å². The molecule has 7 heteroatoms. The summed E-state index contributed by atoms with van der Waals surface area (Å²) in [6, 6.07) is 13.7. The van der Waals surface area contributed by atoms with E-state index in [1.54, 1.807) is 25.1 Å². The second kappa shape index (κ2) is 6.49. The summed E-state index contributed by atoms with van der Waals surface area (Å²) in [5.74, 6) is 0. The van der Waals surface area contributed by atoms with Crippen LogP contribution in [0.1, 0.15) is 21.6 Å². The summed E-state index contributed by atoms with van der Waals surface area (Å²) in [5.41, 5.74) is 2.76. The molecule has 0 amide bonds. The summed E-state index contributed by atoms with van der Waals surface area (Å²) >= 11 is 5.77. The van der Waals surface area contributed by atoms with E-state index in [1.165, 1.54) is 10.7 Å². The second-order valence-electron chi connectivity index (χ2n) is 5.61. The zero-order valence-corrected chi connectivity index (χ0v) is 14.3. The summed E-state index contributed by atoms with van der Waals surface area (Å²) in [6.07, 6.45) is 0. The van der Waals surface area contributed by atoms with Gasteiger partial charge in [0.1, 0.15) is 0 Å². The molecule has 0 saturated carbocycles. The molecule has 0 aliphatic carbocycles. The van der Waals surface area contributed by atoms with E-state index in [2.05, 4.69) is 5.10 Å². The number of benzene rings is 2. The number of hydrogen-bond donors (Lipinski definition) is 0. The van der Waals surface area contributed by atoms with Crippen molar-refractivity contribution in [3.05, 3.63) is 75.5 Å². The fourth-order valence-electron chi connectivity index (χ4n) is 2.79. The lowest BCUT2D eigenvalue weighted by atomic mass is 10.0. The summed E-state index contributed by atoms with van der Waals surface area (Å²) in [6.45, 7) is 3.58. The molecule has 0 spiro atoms. The Morgan fingerprint density at radius 1 is 1.16 bits per heavy atom. The number of nitrogens with zero attached hydrogens (tertiary/aromatic N) is 3. The minimum Gasteiger partial charge on any atom is -0.275 e. The van der Waals surface area contributed by atoms with Crippen LogP contribution >= 0.6 is 11.6 Å². The van der Waals surface area contributed by atoms with Gasteiger partial charge in [-0.25, -0.2) is 4.68 Å². The van der Waals surface area contributed by atoms with E-state index in [9.17, 15) is 14.9 Å². The SMILES string of the molecule is Cc1cccc(-n2nc(C)c(C(=O)Cl)c2-c2ccccc2[N+](=O)[O-])c1. The highest BCUT2D eigenvalue weighted by atomic mass is 35.5. The van der Waals surface area contributed by atoms with Gasteiger partial charge < -0.3 is 0 Å². The third-order valence-electron chi connectivity index (χ3n) is 3.86. The molecule has 0 aliphatic rings. The summed E-state index contributed by atoms with van der Waals surface area (Å²) < 4.78 is 1.53. The average Bonchev–Trinajstić information content (AvgIpc) is 2.92. The molecule has 0 radical (unpaired) electrons. The first-order valence-corrected chi connectivity index (χ1v) is 7.88. The smallest absolute Gasteiger partial charge is 0.275 e. The number of halogens is 1. The van der Waals surface area contributed by atoms with Gasteiger partial charge in [0.15, 0.2) is 0 Å². The molecule has 0 unspecified atom stereocenters. The Kier molecular flexibility index (Phi) is 4.37. The van der Waals surface area contributed by atoms with Gasteiger partial charge >= 0.3 is 0 Å². The number of aromatic nitrogens is 2. The highest BCUT2D eigenvalue weighted by Crippen LogP contribution is 2.35. The van der Waals surface area contributed by atoms with Crippen LogP contribution in [0.5, 0.6) is 0 Å². The third-order valence-corrected chi connectivity index (χ3v) is 4.05. The molecule has 0 atom stereocenters. The first kappa shape index (κ1) is 16.9. The zero-order chi connectivity index (χ0) is 18.1. The van der Waals surface area contributed by atoms with E-state index in [1.807, 2.05) is 31.2 Å². The summed E-state index contributed by atoms with van der Waals surface area (Å²) in [7, 11) is 0. The number of para-hydroxylation sites is 1. The van der Waals surface area contributed by atoms with Gasteiger partial charge in [0, 0.05) is 6.07 Å². The van der Waals surface area contributed by atoms with Gasteiger partial charge in [-0.15, -0.1) is 0 Å². The van der Waals surface area contributed by atoms with Gasteiger partial charge in [-0.2, -0.15) is 5.10 Å². The van der Waals surface area contributed by atoms with Crippen LogP contribution < -0.4 is 0 Å². The van der Waals surface area contributed by atoms with Crippen LogP contribution in [0.25, 0.3) is 16.9 Å². The predicted molar refractivity (Wildman–Crippen MR) is 95.3 cm³/mol. The van der Waals surface area contributed by atoms with Crippen LogP contribution in [0.4, 0.5) is 5.69 Å². The lowest BCUT2D eigenvalue weighted by Crippen LogP contribution is -2.03. The Balaban J connectivity index is 2.39. The number of hydrogen-bond acceptors (Lipinski definition) is 4. The number of aryl methyl sites for hydroxylation is 2. The molecule has 0 fully saturated rings. The van der Waals surface area contributed by atoms with Gasteiger partial charge in [-0.1, -0.05) is 24.3 Å². The zero-order valence-electron chi connectivity index (χ0n) is 13.6. The Labute approximate surface area is 148 Å². The molecular formula is C18H14ClN3O3. The Morgan fingerprint density at radius 2 is 1.88 bits per heavy atom. The summed E-state index contributed by atoms with van der Waals surface area (Å²) in [5, 5.41) is 15.1. The molecule has 0 aliphatic heterocycles. The van der Waals surface area contributed by atoms with Crippen molar-refractivity contribution >= 4 is 22.5 Å². The maximum Gasteiger partial charge on any atom is 0.278 e. The minimum atomic E-state index is -0.704. The number of rotatable bonds is 4. The van der Waals surface area contributed by atoms with E-state index in [0.717, 1.165) is 5.56 Å². The topological polar surface area (TPSA) is 78.0 Å². The van der Waals surface area contributed by atoms with Crippen molar-refractivity contribution in [2.24, 2.45) is 0 Å².